The van der Waals surface area contributed by atoms with Gasteiger partial charge in [0.2, 0.25) is 5.91 Å². The van der Waals surface area contributed by atoms with E-state index in [2.05, 4.69) is 15.8 Å². The van der Waals surface area contributed by atoms with Crippen molar-refractivity contribution < 1.29 is 23.6 Å². The van der Waals surface area contributed by atoms with Crippen molar-refractivity contribution in [2.24, 2.45) is 0 Å². The molecule has 0 aliphatic carbocycles. The predicted octanol–water partition coefficient (Wildman–Crippen LogP) is 1.97. The minimum atomic E-state index is -0.626. The van der Waals surface area contributed by atoms with Gasteiger partial charge in [0.25, 0.3) is 5.91 Å². The lowest BCUT2D eigenvalue weighted by atomic mass is 10.2. The summed E-state index contributed by atoms with van der Waals surface area (Å²) < 4.78 is 9.73. The van der Waals surface area contributed by atoms with Crippen molar-refractivity contribution in [3.05, 3.63) is 36.1 Å². The molecule has 0 saturated heterocycles. The first kappa shape index (κ1) is 17.0. The van der Waals surface area contributed by atoms with Crippen molar-refractivity contribution in [3.8, 4) is 0 Å². The van der Waals surface area contributed by atoms with Gasteiger partial charge in [0.15, 0.2) is 12.4 Å². The van der Waals surface area contributed by atoms with Crippen molar-refractivity contribution in [2.75, 3.05) is 17.2 Å². The van der Waals surface area contributed by atoms with Crippen LogP contribution in [0.2, 0.25) is 0 Å². The van der Waals surface area contributed by atoms with E-state index >= 15 is 0 Å². The number of hydrogen-bond acceptors (Lipinski definition) is 7. The van der Waals surface area contributed by atoms with Crippen LogP contribution in [0.5, 0.6) is 0 Å². The Labute approximate surface area is 147 Å². The van der Waals surface area contributed by atoms with Gasteiger partial charge in [-0.3, -0.25) is 14.4 Å². The lowest BCUT2D eigenvalue weighted by Crippen LogP contribution is -2.32. The molecule has 2 N–H and O–H groups in total. The molecule has 1 aromatic heterocycles. The second-order valence-corrected chi connectivity index (χ2v) is 6.57. The zero-order chi connectivity index (χ0) is 17.8. The van der Waals surface area contributed by atoms with E-state index in [9.17, 15) is 14.4 Å². The number of benzene rings is 1. The van der Waals surface area contributed by atoms with Crippen molar-refractivity contribution in [1.82, 2.24) is 5.16 Å². The minimum Gasteiger partial charge on any atom is -0.456 e. The van der Waals surface area contributed by atoms with Gasteiger partial charge in [-0.05, 0) is 19.1 Å². The monoisotopic (exact) mass is 361 g/mol. The van der Waals surface area contributed by atoms with Crippen molar-refractivity contribution >= 4 is 41.1 Å². The number of anilines is 2. The van der Waals surface area contributed by atoms with Gasteiger partial charge in [0, 0.05) is 11.0 Å². The quantitative estimate of drug-likeness (QED) is 0.783. The summed E-state index contributed by atoms with van der Waals surface area (Å²) in [6, 6.07) is 8.88. The molecule has 1 atom stereocenters. The molecule has 1 aliphatic heterocycles. The third-order valence-electron chi connectivity index (χ3n) is 3.32. The van der Waals surface area contributed by atoms with E-state index in [0.717, 1.165) is 10.6 Å². The van der Waals surface area contributed by atoms with Crippen LogP contribution in [-0.4, -0.2) is 34.8 Å². The predicted molar refractivity (Wildman–Crippen MR) is 90.2 cm³/mol. The molecule has 8 nitrogen and oxygen atoms in total. The van der Waals surface area contributed by atoms with Crippen LogP contribution in [-0.2, 0) is 19.1 Å². The molecule has 1 aliphatic rings. The van der Waals surface area contributed by atoms with Gasteiger partial charge in [-0.25, -0.2) is 0 Å². The van der Waals surface area contributed by atoms with E-state index < -0.39 is 23.7 Å². The van der Waals surface area contributed by atoms with Gasteiger partial charge in [0.05, 0.1) is 17.4 Å². The molecule has 0 fully saturated rings. The third kappa shape index (κ3) is 4.38. The molecule has 0 radical (unpaired) electrons. The number of esters is 1. The molecule has 2 aromatic rings. The number of carbonyl (C=O) groups excluding carboxylic acids is 3. The highest BCUT2D eigenvalue weighted by Crippen LogP contribution is 2.36. The highest BCUT2D eigenvalue weighted by Gasteiger charge is 2.29. The molecule has 1 aromatic carbocycles. The van der Waals surface area contributed by atoms with Crippen LogP contribution >= 0.6 is 11.8 Å². The van der Waals surface area contributed by atoms with Crippen LogP contribution in [0.1, 0.15) is 12.2 Å². The summed E-state index contributed by atoms with van der Waals surface area (Å²) in [7, 11) is 0. The first-order valence-electron chi connectivity index (χ1n) is 7.46. The number of para-hydroxylation sites is 1. The number of thioether (sulfide) groups is 1. The summed E-state index contributed by atoms with van der Waals surface area (Å²) in [6.45, 7) is 1.23. The summed E-state index contributed by atoms with van der Waals surface area (Å²) >= 11 is 1.30. The Hall–Kier alpha value is -2.81. The fourth-order valence-corrected chi connectivity index (χ4v) is 3.28. The lowest BCUT2D eigenvalue weighted by Gasteiger charge is -2.23. The fraction of sp³-hybridized carbons (Fsp3) is 0.250. The van der Waals surface area contributed by atoms with Crippen LogP contribution in [0.4, 0.5) is 11.5 Å². The van der Waals surface area contributed by atoms with Gasteiger partial charge in [0.1, 0.15) is 5.76 Å². The van der Waals surface area contributed by atoms with E-state index in [-0.39, 0.29) is 18.1 Å². The molecule has 25 heavy (non-hydrogen) atoms. The van der Waals surface area contributed by atoms with Crippen LogP contribution in [0, 0.1) is 6.92 Å². The first-order chi connectivity index (χ1) is 12.0. The number of nitrogens with one attached hydrogen (secondary N) is 2. The maximum atomic E-state index is 12.0. The van der Waals surface area contributed by atoms with E-state index in [4.69, 9.17) is 9.26 Å². The molecule has 0 bridgehead atoms. The number of aromatic nitrogens is 1. The lowest BCUT2D eigenvalue weighted by molar-refractivity contribution is -0.147. The van der Waals surface area contributed by atoms with Gasteiger partial charge < -0.3 is 19.9 Å². The van der Waals surface area contributed by atoms with Gasteiger partial charge >= 0.3 is 5.97 Å². The highest BCUT2D eigenvalue weighted by molar-refractivity contribution is 8.01. The molecular formula is C16H15N3O5S. The normalized spacial score (nSPS) is 15.9. The number of carbonyl (C=O) groups is 3. The number of nitrogens with zero attached hydrogens (tertiary/aromatic N) is 1. The minimum absolute atomic E-state index is 0.124. The van der Waals surface area contributed by atoms with Crippen molar-refractivity contribution in [1.29, 1.82) is 0 Å². The number of ether oxygens (including phenoxy) is 1. The number of aryl methyl sites for hydroxylation is 1. The molecule has 0 unspecified atom stereocenters. The average Bonchev–Trinajstić information content (AvgIpc) is 2.98. The standard InChI is InChI=1S/C16H15N3O5S/c1-9-6-13(19-24-9)18-14(20)8-23-15(21)7-12-16(22)17-10-4-2-3-5-11(10)25-12/h2-6,12H,7-8H2,1H3,(H,17,22)(H,18,19,20)/t12-/m0/s1. The van der Waals surface area contributed by atoms with Gasteiger partial charge in [-0.2, -0.15) is 0 Å². The van der Waals surface area contributed by atoms with Gasteiger partial charge in [-0.1, -0.05) is 17.3 Å². The van der Waals surface area contributed by atoms with Crippen molar-refractivity contribution in [2.45, 2.75) is 23.5 Å². The zero-order valence-corrected chi connectivity index (χ0v) is 14.1. The number of hydrogen-bond donors (Lipinski definition) is 2. The summed E-state index contributed by atoms with van der Waals surface area (Å²) in [5.41, 5.74) is 0.726. The topological polar surface area (TPSA) is 111 Å². The Morgan fingerprint density at radius 3 is 2.96 bits per heavy atom. The number of fused-ring (bicyclic) bond motifs is 1. The average molecular weight is 361 g/mol. The summed E-state index contributed by atoms with van der Waals surface area (Å²) in [6.07, 6.45) is -0.124. The summed E-state index contributed by atoms with van der Waals surface area (Å²) in [4.78, 5) is 36.5. The Balaban J connectivity index is 1.48. The van der Waals surface area contributed by atoms with E-state index in [1.54, 1.807) is 19.1 Å². The molecule has 0 spiro atoms. The van der Waals surface area contributed by atoms with Crippen molar-refractivity contribution in [3.63, 3.8) is 0 Å². The Morgan fingerprint density at radius 1 is 1.40 bits per heavy atom. The SMILES string of the molecule is Cc1cc(NC(=O)COC(=O)C[C@@H]2Sc3ccccc3NC2=O)no1. The molecule has 3 rings (SSSR count). The van der Waals surface area contributed by atoms with E-state index in [0.29, 0.717) is 5.76 Å². The molecule has 2 amide bonds. The smallest absolute Gasteiger partial charge is 0.307 e. The third-order valence-corrected chi connectivity index (χ3v) is 4.59. The summed E-state index contributed by atoms with van der Waals surface area (Å²) in [5.74, 6) is -0.625. The maximum absolute atomic E-state index is 12.0. The van der Waals surface area contributed by atoms with Crippen LogP contribution in [0.25, 0.3) is 0 Å². The number of amides is 2. The molecular weight excluding hydrogens is 346 g/mol. The van der Waals surface area contributed by atoms with Crippen LogP contribution in [0.15, 0.2) is 39.8 Å². The molecule has 2 heterocycles. The van der Waals surface area contributed by atoms with E-state index in [1.165, 1.54) is 11.8 Å². The molecule has 9 heteroatoms. The first-order valence-corrected chi connectivity index (χ1v) is 8.34. The fourth-order valence-electron chi connectivity index (χ4n) is 2.19. The Bertz CT molecular complexity index is 820. The highest BCUT2D eigenvalue weighted by atomic mass is 32.2. The van der Waals surface area contributed by atoms with Crippen LogP contribution in [0.3, 0.4) is 0 Å². The largest absolute Gasteiger partial charge is 0.456 e. The Morgan fingerprint density at radius 2 is 2.20 bits per heavy atom. The zero-order valence-electron chi connectivity index (χ0n) is 13.3. The van der Waals surface area contributed by atoms with E-state index in [1.807, 2.05) is 18.2 Å². The Kier molecular flexibility index (Phi) is 5.03. The van der Waals surface area contributed by atoms with Gasteiger partial charge in [-0.15, -0.1) is 11.8 Å². The summed E-state index contributed by atoms with van der Waals surface area (Å²) in [5, 5.41) is 8.20. The second kappa shape index (κ2) is 7.39. The number of rotatable bonds is 5. The second-order valence-electron chi connectivity index (χ2n) is 5.33. The molecule has 130 valence electrons. The maximum Gasteiger partial charge on any atom is 0.307 e. The van der Waals surface area contributed by atoms with Crippen LogP contribution < -0.4 is 10.6 Å². The molecule has 0 saturated carbocycles.